The lowest BCUT2D eigenvalue weighted by molar-refractivity contribution is -0.126. The molecule has 4 saturated carbocycles. The van der Waals surface area contributed by atoms with Gasteiger partial charge in [0, 0.05) is 37.8 Å². The van der Waals surface area contributed by atoms with E-state index in [0.29, 0.717) is 17.9 Å². The smallest absolute Gasteiger partial charge is 0.222 e. The summed E-state index contributed by atoms with van der Waals surface area (Å²) in [4.78, 5) is 17.0. The predicted octanol–water partition coefficient (Wildman–Crippen LogP) is 3.95. The van der Waals surface area contributed by atoms with Crippen molar-refractivity contribution >= 4 is 5.91 Å². The normalized spacial score (nSPS) is 34.2. The monoisotopic (exact) mass is 343 g/mol. The summed E-state index contributed by atoms with van der Waals surface area (Å²) in [6.45, 7) is 5.11. The lowest BCUT2D eigenvalue weighted by atomic mass is 9.47. The van der Waals surface area contributed by atoms with Crippen molar-refractivity contribution in [3.8, 4) is 0 Å². The molecule has 0 spiro atoms. The number of aromatic nitrogens is 2. The summed E-state index contributed by atoms with van der Waals surface area (Å²) in [6.07, 6.45) is 14.8. The maximum atomic E-state index is 12.7. The van der Waals surface area contributed by atoms with Crippen molar-refractivity contribution in [2.24, 2.45) is 23.2 Å². The van der Waals surface area contributed by atoms with Crippen LogP contribution in [-0.2, 0) is 17.8 Å². The van der Waals surface area contributed by atoms with Gasteiger partial charge in [0.25, 0.3) is 0 Å². The molecule has 4 heteroatoms. The minimum atomic E-state index is 0.221. The highest BCUT2D eigenvalue weighted by Gasteiger charge is 2.53. The summed E-state index contributed by atoms with van der Waals surface area (Å²) in [6, 6.07) is 0.377. The molecule has 1 aromatic rings. The van der Waals surface area contributed by atoms with Gasteiger partial charge in [-0.1, -0.05) is 13.8 Å². The number of imidazole rings is 1. The van der Waals surface area contributed by atoms with Crippen LogP contribution >= 0.6 is 0 Å². The lowest BCUT2D eigenvalue weighted by Crippen LogP contribution is -2.56. The van der Waals surface area contributed by atoms with Crippen LogP contribution in [0.1, 0.15) is 71.0 Å². The molecule has 138 valence electrons. The molecule has 1 amide bonds. The molecule has 4 aliphatic carbocycles. The Morgan fingerprint density at radius 1 is 1.24 bits per heavy atom. The highest BCUT2D eigenvalue weighted by molar-refractivity contribution is 5.76. The van der Waals surface area contributed by atoms with Crippen molar-refractivity contribution in [2.75, 3.05) is 0 Å². The van der Waals surface area contributed by atoms with E-state index in [1.807, 2.05) is 12.4 Å². The first kappa shape index (κ1) is 17.1. The second-order valence-corrected chi connectivity index (χ2v) is 8.95. The third-order valence-corrected chi connectivity index (χ3v) is 7.27. The van der Waals surface area contributed by atoms with E-state index in [9.17, 15) is 4.79 Å². The molecule has 0 aromatic carbocycles. The fourth-order valence-corrected chi connectivity index (χ4v) is 6.64. The molecule has 5 rings (SSSR count). The van der Waals surface area contributed by atoms with E-state index in [4.69, 9.17) is 0 Å². The van der Waals surface area contributed by atoms with E-state index < -0.39 is 0 Å². The number of rotatable bonds is 7. The van der Waals surface area contributed by atoms with Gasteiger partial charge in [0.2, 0.25) is 5.91 Å². The summed E-state index contributed by atoms with van der Waals surface area (Å²) in [5.74, 6) is 4.11. The SMILES string of the molecule is CCc1nccn1CCC(=O)N[C@@H](CC)C12CC3CC(CC(C3)C1)C2. The van der Waals surface area contributed by atoms with Gasteiger partial charge in [0.15, 0.2) is 0 Å². The van der Waals surface area contributed by atoms with Crippen LogP contribution < -0.4 is 5.32 Å². The first-order valence-corrected chi connectivity index (χ1v) is 10.4. The maximum Gasteiger partial charge on any atom is 0.222 e. The van der Waals surface area contributed by atoms with Crippen molar-refractivity contribution in [1.82, 2.24) is 14.9 Å². The quantitative estimate of drug-likeness (QED) is 0.815. The Morgan fingerprint density at radius 3 is 2.44 bits per heavy atom. The molecule has 0 aliphatic heterocycles. The topological polar surface area (TPSA) is 46.9 Å². The van der Waals surface area contributed by atoms with Crippen LogP contribution in [0.3, 0.4) is 0 Å². The fraction of sp³-hybridized carbons (Fsp3) is 0.810. The highest BCUT2D eigenvalue weighted by Crippen LogP contribution is 2.61. The van der Waals surface area contributed by atoms with E-state index in [2.05, 4.69) is 28.7 Å². The van der Waals surface area contributed by atoms with Gasteiger partial charge in [-0.2, -0.15) is 0 Å². The first-order valence-electron chi connectivity index (χ1n) is 10.4. The van der Waals surface area contributed by atoms with E-state index in [-0.39, 0.29) is 5.91 Å². The van der Waals surface area contributed by atoms with Gasteiger partial charge in [-0.25, -0.2) is 4.98 Å². The summed E-state index contributed by atoms with van der Waals surface area (Å²) >= 11 is 0. The molecule has 1 N–H and O–H groups in total. The van der Waals surface area contributed by atoms with E-state index in [1.165, 1.54) is 38.5 Å². The van der Waals surface area contributed by atoms with E-state index in [0.717, 1.165) is 43.0 Å². The number of aryl methyl sites for hydroxylation is 2. The predicted molar refractivity (Wildman–Crippen MR) is 99.0 cm³/mol. The van der Waals surface area contributed by atoms with Crippen molar-refractivity contribution in [3.63, 3.8) is 0 Å². The molecular formula is C21H33N3O. The Labute approximate surface area is 151 Å². The molecule has 0 radical (unpaired) electrons. The van der Waals surface area contributed by atoms with Crippen LogP contribution in [0.4, 0.5) is 0 Å². The highest BCUT2D eigenvalue weighted by atomic mass is 16.1. The number of carbonyl (C=O) groups excluding carboxylic acids is 1. The number of amides is 1. The third-order valence-electron chi connectivity index (χ3n) is 7.27. The molecule has 4 aliphatic rings. The summed E-state index contributed by atoms with van der Waals surface area (Å²) < 4.78 is 2.12. The zero-order valence-electron chi connectivity index (χ0n) is 15.8. The van der Waals surface area contributed by atoms with E-state index in [1.54, 1.807) is 0 Å². The second kappa shape index (κ2) is 6.77. The minimum absolute atomic E-state index is 0.221. The molecule has 4 nitrogen and oxygen atoms in total. The Bertz CT molecular complexity index is 585. The second-order valence-electron chi connectivity index (χ2n) is 8.95. The van der Waals surface area contributed by atoms with E-state index >= 15 is 0 Å². The van der Waals surface area contributed by atoms with Crippen LogP contribution in [0, 0.1) is 23.2 Å². The zero-order chi connectivity index (χ0) is 17.4. The molecule has 1 atom stereocenters. The van der Waals surface area contributed by atoms with Crippen LogP contribution in [0.5, 0.6) is 0 Å². The lowest BCUT2D eigenvalue weighted by Gasteiger charge is -2.59. The molecular weight excluding hydrogens is 310 g/mol. The van der Waals surface area contributed by atoms with Crippen molar-refractivity contribution in [2.45, 2.75) is 84.2 Å². The van der Waals surface area contributed by atoms with Crippen LogP contribution in [-0.4, -0.2) is 21.5 Å². The third kappa shape index (κ3) is 3.24. The first-order chi connectivity index (χ1) is 12.1. The fourth-order valence-electron chi connectivity index (χ4n) is 6.64. The molecule has 4 fully saturated rings. The van der Waals surface area contributed by atoms with Crippen molar-refractivity contribution in [3.05, 3.63) is 18.2 Å². The standard InChI is InChI=1S/C21H33N3O/c1-3-18(21-12-15-9-16(13-21)11-17(10-15)14-21)23-20(25)5-7-24-8-6-22-19(24)4-2/h6,8,15-18H,3-5,7,9-14H2,1-2H3,(H,23,25)/t15?,16?,17?,18-,21?/m0/s1. The molecule has 0 unspecified atom stereocenters. The Morgan fingerprint density at radius 2 is 1.88 bits per heavy atom. The molecule has 1 heterocycles. The number of hydrogen-bond donors (Lipinski definition) is 1. The molecule has 0 saturated heterocycles. The van der Waals surface area contributed by atoms with Crippen molar-refractivity contribution in [1.29, 1.82) is 0 Å². The summed E-state index contributed by atoms with van der Waals surface area (Å²) in [5, 5.41) is 3.45. The van der Waals surface area contributed by atoms with Crippen molar-refractivity contribution < 1.29 is 4.79 Å². The zero-order valence-corrected chi connectivity index (χ0v) is 15.8. The van der Waals surface area contributed by atoms with Gasteiger partial charge in [0.05, 0.1) is 0 Å². The molecule has 4 bridgehead atoms. The number of nitrogens with one attached hydrogen (secondary N) is 1. The Hall–Kier alpha value is -1.32. The largest absolute Gasteiger partial charge is 0.353 e. The van der Waals surface area contributed by atoms with Gasteiger partial charge in [0.1, 0.15) is 5.82 Å². The Kier molecular flexibility index (Phi) is 4.63. The van der Waals surface area contributed by atoms with Gasteiger partial charge < -0.3 is 9.88 Å². The van der Waals surface area contributed by atoms with Crippen LogP contribution in [0.2, 0.25) is 0 Å². The van der Waals surface area contributed by atoms with Gasteiger partial charge in [-0.05, 0) is 68.1 Å². The van der Waals surface area contributed by atoms with Gasteiger partial charge in [-0.15, -0.1) is 0 Å². The maximum absolute atomic E-state index is 12.7. The average Bonchev–Trinajstić information content (AvgIpc) is 3.04. The van der Waals surface area contributed by atoms with Crippen LogP contribution in [0.25, 0.3) is 0 Å². The van der Waals surface area contributed by atoms with Gasteiger partial charge in [-0.3, -0.25) is 4.79 Å². The Balaban J connectivity index is 1.38. The number of hydrogen-bond acceptors (Lipinski definition) is 2. The number of carbonyl (C=O) groups is 1. The van der Waals surface area contributed by atoms with Gasteiger partial charge >= 0.3 is 0 Å². The number of nitrogens with zero attached hydrogens (tertiary/aromatic N) is 2. The summed E-state index contributed by atoms with van der Waals surface area (Å²) in [5.41, 5.74) is 0.406. The van der Waals surface area contributed by atoms with Crippen LogP contribution in [0.15, 0.2) is 12.4 Å². The molecule has 25 heavy (non-hydrogen) atoms. The molecule has 1 aromatic heterocycles. The average molecular weight is 344 g/mol. The summed E-state index contributed by atoms with van der Waals surface area (Å²) in [7, 11) is 0. The minimum Gasteiger partial charge on any atom is -0.353 e.